The van der Waals surface area contributed by atoms with E-state index in [1.54, 1.807) is 11.3 Å². The Balaban J connectivity index is 1.75. The zero-order valence-electron chi connectivity index (χ0n) is 11.4. The summed E-state index contributed by atoms with van der Waals surface area (Å²) in [5, 5.41) is 1.10. The topological polar surface area (TPSA) is 45.4 Å². The van der Waals surface area contributed by atoms with Gasteiger partial charge in [0.15, 0.2) is 5.13 Å². The third-order valence-electron chi connectivity index (χ3n) is 3.78. The van der Waals surface area contributed by atoms with E-state index >= 15 is 0 Å². The molecule has 1 aromatic heterocycles. The lowest BCUT2D eigenvalue weighted by atomic mass is 9.94. The lowest BCUT2D eigenvalue weighted by molar-refractivity contribution is 0.213. The van der Waals surface area contributed by atoms with E-state index in [4.69, 9.17) is 5.73 Å². The van der Waals surface area contributed by atoms with Crippen molar-refractivity contribution in [1.29, 1.82) is 0 Å². The summed E-state index contributed by atoms with van der Waals surface area (Å²) in [5.74, 6) is 0.887. The Morgan fingerprint density at radius 3 is 2.83 bits per heavy atom. The molecule has 0 radical (unpaired) electrons. The number of rotatable bonds is 5. The second kappa shape index (κ2) is 6.50. The van der Waals surface area contributed by atoms with Crippen LogP contribution in [0.1, 0.15) is 24.1 Å². The first-order valence-electron chi connectivity index (χ1n) is 6.73. The second-order valence-corrected chi connectivity index (χ2v) is 6.36. The van der Waals surface area contributed by atoms with E-state index in [0.717, 1.165) is 22.5 Å². The van der Waals surface area contributed by atoms with Gasteiger partial charge in [-0.05, 0) is 45.3 Å². The van der Waals surface area contributed by atoms with Crippen LogP contribution in [0.25, 0.3) is 0 Å². The third-order valence-corrected chi connectivity index (χ3v) is 4.91. The van der Waals surface area contributed by atoms with Crippen LogP contribution in [-0.2, 0) is 6.54 Å². The van der Waals surface area contributed by atoms with Gasteiger partial charge in [0, 0.05) is 31.2 Å². The summed E-state index contributed by atoms with van der Waals surface area (Å²) < 4.78 is 0. The molecule has 1 aromatic rings. The van der Waals surface area contributed by atoms with E-state index in [2.05, 4.69) is 28.9 Å². The molecular weight excluding hydrogens is 244 g/mol. The molecule has 2 heterocycles. The van der Waals surface area contributed by atoms with Crippen LogP contribution in [0.5, 0.6) is 0 Å². The van der Waals surface area contributed by atoms with Crippen molar-refractivity contribution in [3.63, 3.8) is 0 Å². The molecule has 5 heteroatoms. The van der Waals surface area contributed by atoms with Crippen LogP contribution < -0.4 is 10.6 Å². The first-order valence-corrected chi connectivity index (χ1v) is 7.55. The molecule has 2 rings (SSSR count). The molecule has 0 bridgehead atoms. The molecule has 0 aliphatic carbocycles. The zero-order valence-corrected chi connectivity index (χ0v) is 12.2. The molecule has 1 aliphatic heterocycles. The predicted octanol–water partition coefficient (Wildman–Crippen LogP) is 1.77. The maximum atomic E-state index is 5.61. The van der Waals surface area contributed by atoms with Gasteiger partial charge < -0.3 is 15.5 Å². The number of piperidine rings is 1. The summed E-state index contributed by atoms with van der Waals surface area (Å²) in [4.78, 5) is 10.3. The fourth-order valence-corrected chi connectivity index (χ4v) is 3.17. The standard InChI is InChI=1S/C13H24N4S/c1-16-6-3-11(4-7-16)5-8-17(2)13-15-10-12(9-14)18-13/h10-11H,3-9,14H2,1-2H3. The number of thiazole rings is 1. The number of hydrogen-bond donors (Lipinski definition) is 1. The van der Waals surface area contributed by atoms with E-state index in [1.807, 2.05) is 6.20 Å². The van der Waals surface area contributed by atoms with Gasteiger partial charge in [-0.25, -0.2) is 4.98 Å². The molecular formula is C13H24N4S. The Kier molecular flexibility index (Phi) is 4.97. The monoisotopic (exact) mass is 268 g/mol. The molecule has 2 N–H and O–H groups in total. The van der Waals surface area contributed by atoms with Crippen LogP contribution in [-0.4, -0.2) is 43.6 Å². The minimum atomic E-state index is 0.598. The first kappa shape index (κ1) is 13.8. The lowest BCUT2D eigenvalue weighted by Gasteiger charge is -2.30. The van der Waals surface area contributed by atoms with Gasteiger partial charge >= 0.3 is 0 Å². The molecule has 1 aliphatic rings. The van der Waals surface area contributed by atoms with Gasteiger partial charge in [-0.1, -0.05) is 0 Å². The van der Waals surface area contributed by atoms with Gasteiger partial charge in [-0.15, -0.1) is 11.3 Å². The number of nitrogens with two attached hydrogens (primary N) is 1. The number of nitrogens with zero attached hydrogens (tertiary/aromatic N) is 3. The van der Waals surface area contributed by atoms with Gasteiger partial charge in [0.05, 0.1) is 0 Å². The van der Waals surface area contributed by atoms with Crippen LogP contribution >= 0.6 is 11.3 Å². The smallest absolute Gasteiger partial charge is 0.185 e. The highest BCUT2D eigenvalue weighted by Gasteiger charge is 2.17. The van der Waals surface area contributed by atoms with Gasteiger partial charge in [0.1, 0.15) is 0 Å². The van der Waals surface area contributed by atoms with E-state index in [-0.39, 0.29) is 0 Å². The van der Waals surface area contributed by atoms with Crippen molar-refractivity contribution >= 4 is 16.5 Å². The maximum Gasteiger partial charge on any atom is 0.185 e. The van der Waals surface area contributed by atoms with Crippen molar-refractivity contribution in [3.05, 3.63) is 11.1 Å². The Bertz CT molecular complexity index is 358. The van der Waals surface area contributed by atoms with Gasteiger partial charge in [-0.3, -0.25) is 0 Å². The fraction of sp³-hybridized carbons (Fsp3) is 0.769. The molecule has 0 unspecified atom stereocenters. The van der Waals surface area contributed by atoms with Crippen molar-refractivity contribution in [2.75, 3.05) is 38.6 Å². The average Bonchev–Trinajstić information content (AvgIpc) is 2.86. The Labute approximate surface area is 114 Å². The van der Waals surface area contributed by atoms with E-state index in [9.17, 15) is 0 Å². The van der Waals surface area contributed by atoms with Gasteiger partial charge in [0.25, 0.3) is 0 Å². The highest BCUT2D eigenvalue weighted by atomic mass is 32.1. The molecule has 4 nitrogen and oxygen atoms in total. The molecule has 1 saturated heterocycles. The largest absolute Gasteiger partial charge is 0.351 e. The SMILES string of the molecule is CN1CCC(CCN(C)c2ncc(CN)s2)CC1. The molecule has 0 amide bonds. The summed E-state index contributed by atoms with van der Waals surface area (Å²) in [6.07, 6.45) is 5.86. The molecule has 0 atom stereocenters. The van der Waals surface area contributed by atoms with Crippen LogP contribution in [0.15, 0.2) is 6.20 Å². The van der Waals surface area contributed by atoms with E-state index in [0.29, 0.717) is 6.54 Å². The lowest BCUT2D eigenvalue weighted by Crippen LogP contribution is -2.32. The molecule has 0 spiro atoms. The second-order valence-electron chi connectivity index (χ2n) is 5.27. The molecule has 1 fully saturated rings. The van der Waals surface area contributed by atoms with Crippen LogP contribution in [0.2, 0.25) is 0 Å². The molecule has 0 aromatic carbocycles. The Hall–Kier alpha value is -0.650. The van der Waals surface area contributed by atoms with Crippen LogP contribution in [0.4, 0.5) is 5.13 Å². The molecule has 0 saturated carbocycles. The Morgan fingerprint density at radius 2 is 2.22 bits per heavy atom. The van der Waals surface area contributed by atoms with E-state index in [1.165, 1.54) is 32.4 Å². The maximum absolute atomic E-state index is 5.61. The summed E-state index contributed by atoms with van der Waals surface area (Å²) in [7, 11) is 4.35. The summed E-state index contributed by atoms with van der Waals surface area (Å²) in [5.41, 5.74) is 5.61. The minimum absolute atomic E-state index is 0.598. The van der Waals surface area contributed by atoms with Crippen molar-refractivity contribution < 1.29 is 0 Å². The summed E-state index contributed by atoms with van der Waals surface area (Å²) in [6, 6.07) is 0. The number of aromatic nitrogens is 1. The number of anilines is 1. The highest BCUT2D eigenvalue weighted by Crippen LogP contribution is 2.24. The number of likely N-dealkylation sites (tertiary alicyclic amines) is 1. The third kappa shape index (κ3) is 3.67. The van der Waals surface area contributed by atoms with Crippen molar-refractivity contribution in [2.24, 2.45) is 11.7 Å². The molecule has 102 valence electrons. The molecule has 18 heavy (non-hydrogen) atoms. The zero-order chi connectivity index (χ0) is 13.0. The van der Waals surface area contributed by atoms with Crippen LogP contribution in [0.3, 0.4) is 0 Å². The minimum Gasteiger partial charge on any atom is -0.351 e. The van der Waals surface area contributed by atoms with Gasteiger partial charge in [-0.2, -0.15) is 0 Å². The van der Waals surface area contributed by atoms with Crippen molar-refractivity contribution in [2.45, 2.75) is 25.8 Å². The van der Waals surface area contributed by atoms with E-state index < -0.39 is 0 Å². The predicted molar refractivity (Wildman–Crippen MR) is 78.1 cm³/mol. The Morgan fingerprint density at radius 1 is 1.50 bits per heavy atom. The fourth-order valence-electron chi connectivity index (χ4n) is 2.39. The van der Waals surface area contributed by atoms with Crippen molar-refractivity contribution in [1.82, 2.24) is 9.88 Å². The normalized spacial score (nSPS) is 18.2. The highest BCUT2D eigenvalue weighted by molar-refractivity contribution is 7.15. The quantitative estimate of drug-likeness (QED) is 0.884. The summed E-state index contributed by atoms with van der Waals surface area (Å²) >= 11 is 1.71. The summed E-state index contributed by atoms with van der Waals surface area (Å²) in [6.45, 7) is 4.21. The van der Waals surface area contributed by atoms with Crippen LogP contribution in [0, 0.1) is 5.92 Å². The number of hydrogen-bond acceptors (Lipinski definition) is 5. The average molecular weight is 268 g/mol. The van der Waals surface area contributed by atoms with Crippen molar-refractivity contribution in [3.8, 4) is 0 Å². The van der Waals surface area contributed by atoms with Gasteiger partial charge in [0.2, 0.25) is 0 Å². The first-order chi connectivity index (χ1) is 8.69.